The Morgan fingerprint density at radius 2 is 2.00 bits per heavy atom. The predicted molar refractivity (Wildman–Crippen MR) is 55.3 cm³/mol. The Morgan fingerprint density at radius 1 is 1.40 bits per heavy atom. The number of carbonyl (C=O) groups excluding carboxylic acids is 1. The van der Waals surface area contributed by atoms with Gasteiger partial charge in [0, 0.05) is 12.1 Å². The number of amides is 1. The van der Waals surface area contributed by atoms with Crippen molar-refractivity contribution < 1.29 is 19.5 Å². The van der Waals surface area contributed by atoms with Gasteiger partial charge in [-0.2, -0.15) is 0 Å². The minimum atomic E-state index is -1.85. The molecule has 0 bridgehead atoms. The molecule has 1 amide bonds. The minimum absolute atomic E-state index is 0.173. The smallest absolute Gasteiger partial charge is 0.512 e. The lowest BCUT2D eigenvalue weighted by Gasteiger charge is -2.05. The van der Waals surface area contributed by atoms with E-state index in [4.69, 9.17) is 10.0 Å². The van der Waals surface area contributed by atoms with Gasteiger partial charge in [-0.05, 0) is 31.2 Å². The van der Waals surface area contributed by atoms with Gasteiger partial charge in [0.15, 0.2) is 0 Å². The number of rotatable bonds is 4. The molecule has 15 heavy (non-hydrogen) atoms. The van der Waals surface area contributed by atoms with Gasteiger partial charge in [-0.3, -0.25) is 4.79 Å². The van der Waals surface area contributed by atoms with Crippen molar-refractivity contribution in [2.24, 2.45) is 0 Å². The summed E-state index contributed by atoms with van der Waals surface area (Å²) in [6.07, 6.45) is 0. The summed E-state index contributed by atoms with van der Waals surface area (Å²) in [5.74, 6) is 0.117. The first kappa shape index (κ1) is 11.5. The molecule has 0 spiro atoms. The van der Waals surface area contributed by atoms with Crippen LogP contribution in [-0.2, 0) is 0 Å². The minimum Gasteiger partial charge on any atom is -0.512 e. The molecular formula is C9H12BNO4. The van der Waals surface area contributed by atoms with Crippen LogP contribution in [-0.4, -0.2) is 29.8 Å². The van der Waals surface area contributed by atoms with Gasteiger partial charge in [-0.15, -0.1) is 0 Å². The highest BCUT2D eigenvalue weighted by Gasteiger charge is 2.11. The molecule has 0 aliphatic carbocycles. The van der Waals surface area contributed by atoms with E-state index in [2.05, 4.69) is 9.97 Å². The second-order valence-corrected chi connectivity index (χ2v) is 2.83. The summed E-state index contributed by atoms with van der Waals surface area (Å²) in [6.45, 7) is 2.39. The summed E-state index contributed by atoms with van der Waals surface area (Å²) in [6, 6.07) is 6.07. The lowest BCUT2D eigenvalue weighted by Crippen LogP contribution is -2.23. The maximum absolute atomic E-state index is 11.3. The molecule has 3 N–H and O–H groups in total. The Morgan fingerprint density at radius 3 is 2.47 bits per heavy atom. The molecule has 1 rings (SSSR count). The molecule has 1 aromatic carbocycles. The second-order valence-electron chi connectivity index (χ2n) is 2.83. The molecule has 0 fully saturated rings. The van der Waals surface area contributed by atoms with Crippen LogP contribution >= 0.6 is 0 Å². The molecule has 0 saturated heterocycles. The van der Waals surface area contributed by atoms with Gasteiger partial charge in [-0.1, -0.05) is 0 Å². The van der Waals surface area contributed by atoms with Crippen molar-refractivity contribution in [1.82, 2.24) is 5.32 Å². The first-order chi connectivity index (χ1) is 7.13. The van der Waals surface area contributed by atoms with Crippen LogP contribution in [0.2, 0.25) is 0 Å². The molecule has 0 aromatic heterocycles. The lowest BCUT2D eigenvalue weighted by molar-refractivity contribution is 0.0956. The van der Waals surface area contributed by atoms with Gasteiger partial charge in [0.2, 0.25) is 0 Å². The first-order valence-electron chi connectivity index (χ1n) is 4.54. The van der Waals surface area contributed by atoms with Gasteiger partial charge >= 0.3 is 7.32 Å². The molecule has 0 aliphatic rings. The average molecular weight is 209 g/mol. The summed E-state index contributed by atoms with van der Waals surface area (Å²) in [5.41, 5.74) is 0.497. The fourth-order valence-electron chi connectivity index (χ4n) is 1.07. The number of hydrogen-bond acceptors (Lipinski definition) is 4. The summed E-state index contributed by atoms with van der Waals surface area (Å²) in [7, 11) is -1.85. The standard InChI is InChI=1S/C9H12BNO4/c1-2-11-9(12)7-3-5-8(6-4-7)15-10(13)14/h3-6,13-14H,2H2,1H3,(H,11,12). The van der Waals surface area contributed by atoms with E-state index in [1.165, 1.54) is 12.1 Å². The Kier molecular flexibility index (Phi) is 4.14. The molecule has 0 atom stereocenters. The third-order valence-corrected chi connectivity index (χ3v) is 1.70. The van der Waals surface area contributed by atoms with Gasteiger partial charge < -0.3 is 20.0 Å². The summed E-state index contributed by atoms with van der Waals surface area (Å²) >= 11 is 0. The van der Waals surface area contributed by atoms with Gasteiger partial charge in [-0.25, -0.2) is 0 Å². The zero-order chi connectivity index (χ0) is 11.3. The largest absolute Gasteiger partial charge is 0.707 e. The molecule has 0 radical (unpaired) electrons. The quantitative estimate of drug-likeness (QED) is 0.599. The number of nitrogens with one attached hydrogen (secondary N) is 1. The number of hydrogen-bond donors (Lipinski definition) is 3. The third-order valence-electron chi connectivity index (χ3n) is 1.70. The van der Waals surface area contributed by atoms with Crippen LogP contribution < -0.4 is 9.97 Å². The Labute approximate surface area is 87.9 Å². The molecule has 5 nitrogen and oxygen atoms in total. The van der Waals surface area contributed by atoms with Crippen LogP contribution in [0.4, 0.5) is 0 Å². The highest BCUT2D eigenvalue weighted by molar-refractivity contribution is 6.33. The maximum Gasteiger partial charge on any atom is 0.707 e. The first-order valence-corrected chi connectivity index (χ1v) is 4.54. The summed E-state index contributed by atoms with van der Waals surface area (Å²) in [4.78, 5) is 11.3. The third kappa shape index (κ3) is 3.61. The molecule has 0 aliphatic heterocycles. The van der Waals surface area contributed by atoms with Gasteiger partial charge in [0.1, 0.15) is 5.75 Å². The van der Waals surface area contributed by atoms with Crippen LogP contribution in [0.15, 0.2) is 24.3 Å². The van der Waals surface area contributed by atoms with Crippen molar-refractivity contribution in [1.29, 1.82) is 0 Å². The Bertz CT molecular complexity index is 325. The van der Waals surface area contributed by atoms with Crippen LogP contribution in [0.5, 0.6) is 5.75 Å². The van der Waals surface area contributed by atoms with Crippen molar-refractivity contribution in [2.75, 3.05) is 6.54 Å². The van der Waals surface area contributed by atoms with Crippen molar-refractivity contribution in [3.05, 3.63) is 29.8 Å². The maximum atomic E-state index is 11.3. The fourth-order valence-corrected chi connectivity index (χ4v) is 1.07. The molecular weight excluding hydrogens is 197 g/mol. The van der Waals surface area contributed by atoms with E-state index >= 15 is 0 Å². The van der Waals surface area contributed by atoms with Crippen molar-refractivity contribution >= 4 is 13.2 Å². The Hall–Kier alpha value is -1.53. The van der Waals surface area contributed by atoms with Crippen LogP contribution in [0.25, 0.3) is 0 Å². The zero-order valence-electron chi connectivity index (χ0n) is 8.30. The highest BCUT2D eigenvalue weighted by atomic mass is 16.6. The lowest BCUT2D eigenvalue weighted by atomic mass is 10.2. The van der Waals surface area contributed by atoms with Crippen LogP contribution in [0.1, 0.15) is 17.3 Å². The molecule has 0 unspecified atom stereocenters. The average Bonchev–Trinajstić information content (AvgIpc) is 2.18. The van der Waals surface area contributed by atoms with Crippen molar-refractivity contribution in [3.63, 3.8) is 0 Å². The molecule has 6 heteroatoms. The van der Waals surface area contributed by atoms with E-state index < -0.39 is 7.32 Å². The Balaban J connectivity index is 2.67. The van der Waals surface area contributed by atoms with E-state index in [0.717, 1.165) is 0 Å². The zero-order valence-corrected chi connectivity index (χ0v) is 8.30. The highest BCUT2D eigenvalue weighted by Crippen LogP contribution is 2.12. The molecule has 0 heterocycles. The van der Waals surface area contributed by atoms with E-state index in [-0.39, 0.29) is 11.7 Å². The predicted octanol–water partition coefficient (Wildman–Crippen LogP) is -0.215. The normalized spacial score (nSPS) is 9.53. The number of carbonyl (C=O) groups is 1. The van der Waals surface area contributed by atoms with Crippen LogP contribution in [0.3, 0.4) is 0 Å². The van der Waals surface area contributed by atoms with Crippen molar-refractivity contribution in [2.45, 2.75) is 6.92 Å². The summed E-state index contributed by atoms with van der Waals surface area (Å²) in [5, 5.41) is 19.7. The van der Waals surface area contributed by atoms with E-state index in [9.17, 15) is 4.79 Å². The van der Waals surface area contributed by atoms with E-state index in [1.54, 1.807) is 12.1 Å². The molecule has 1 aromatic rings. The van der Waals surface area contributed by atoms with Gasteiger partial charge in [0.25, 0.3) is 5.91 Å². The van der Waals surface area contributed by atoms with E-state index in [0.29, 0.717) is 12.1 Å². The number of benzene rings is 1. The molecule has 80 valence electrons. The van der Waals surface area contributed by atoms with Gasteiger partial charge in [0.05, 0.1) is 0 Å². The monoisotopic (exact) mass is 209 g/mol. The molecule has 0 saturated carbocycles. The topological polar surface area (TPSA) is 78.8 Å². The van der Waals surface area contributed by atoms with Crippen molar-refractivity contribution in [3.8, 4) is 5.75 Å². The SMILES string of the molecule is CCNC(=O)c1ccc(OB(O)O)cc1. The summed E-state index contributed by atoms with van der Waals surface area (Å²) < 4.78 is 4.59. The van der Waals surface area contributed by atoms with Crippen LogP contribution in [0, 0.1) is 0 Å². The second kappa shape index (κ2) is 5.38. The van der Waals surface area contributed by atoms with E-state index in [1.807, 2.05) is 6.92 Å². The fraction of sp³-hybridized carbons (Fsp3) is 0.222.